The van der Waals surface area contributed by atoms with Gasteiger partial charge in [-0.1, -0.05) is 23.2 Å². The van der Waals surface area contributed by atoms with E-state index in [1.165, 1.54) is 0 Å². The van der Waals surface area contributed by atoms with Crippen molar-refractivity contribution in [2.24, 2.45) is 17.0 Å². The van der Waals surface area contributed by atoms with E-state index in [2.05, 4.69) is 10.4 Å². The fourth-order valence-corrected chi connectivity index (χ4v) is 2.66. The molecule has 0 bridgehead atoms. The standard InChI is InChI=1S/C11H15Cl2N5O/c1-11(10(14)19)2-3-18(5-11)9-7(13)4-6(12)8(16-9)17-15/h4H,2-3,5,15H2,1H3,(H2,14,19)(H,16,17). The second-order valence-corrected chi connectivity index (χ2v) is 5.68. The summed E-state index contributed by atoms with van der Waals surface area (Å²) >= 11 is 12.1. The summed E-state index contributed by atoms with van der Waals surface area (Å²) in [5.74, 6) is 5.90. The van der Waals surface area contributed by atoms with Crippen molar-refractivity contribution in [1.82, 2.24) is 4.98 Å². The lowest BCUT2D eigenvalue weighted by atomic mass is 9.89. The van der Waals surface area contributed by atoms with Crippen LogP contribution in [-0.4, -0.2) is 24.0 Å². The highest BCUT2D eigenvalue weighted by molar-refractivity contribution is 6.37. The minimum Gasteiger partial charge on any atom is -0.369 e. The van der Waals surface area contributed by atoms with Crippen molar-refractivity contribution >= 4 is 40.7 Å². The first kappa shape index (κ1) is 14.2. The molecule has 2 heterocycles. The zero-order valence-electron chi connectivity index (χ0n) is 10.4. The van der Waals surface area contributed by atoms with Gasteiger partial charge in [-0.15, -0.1) is 0 Å². The number of nitrogens with two attached hydrogens (primary N) is 2. The molecule has 1 saturated heterocycles. The molecule has 0 saturated carbocycles. The smallest absolute Gasteiger partial charge is 0.225 e. The maximum Gasteiger partial charge on any atom is 0.225 e. The lowest BCUT2D eigenvalue weighted by Gasteiger charge is -2.23. The van der Waals surface area contributed by atoms with E-state index in [4.69, 9.17) is 34.8 Å². The van der Waals surface area contributed by atoms with Gasteiger partial charge < -0.3 is 16.1 Å². The minimum absolute atomic E-state index is 0.322. The number of hydrogen-bond donors (Lipinski definition) is 3. The highest BCUT2D eigenvalue weighted by Crippen LogP contribution is 2.37. The molecular formula is C11H15Cl2N5O. The number of hydrazine groups is 1. The third kappa shape index (κ3) is 2.56. The first-order chi connectivity index (χ1) is 8.87. The van der Waals surface area contributed by atoms with E-state index in [1.54, 1.807) is 6.07 Å². The van der Waals surface area contributed by atoms with Gasteiger partial charge in [0.2, 0.25) is 5.91 Å². The Hall–Kier alpha value is -1.24. The molecule has 5 N–H and O–H groups in total. The monoisotopic (exact) mass is 303 g/mol. The second-order valence-electron chi connectivity index (χ2n) is 4.87. The van der Waals surface area contributed by atoms with Gasteiger partial charge in [-0.05, 0) is 19.4 Å². The number of nitrogens with zero attached hydrogens (tertiary/aromatic N) is 2. The molecule has 0 aromatic carbocycles. The van der Waals surface area contributed by atoms with Crippen LogP contribution in [0.2, 0.25) is 10.0 Å². The number of halogens is 2. The number of rotatable bonds is 3. The van der Waals surface area contributed by atoms with Crippen LogP contribution in [0.4, 0.5) is 11.6 Å². The number of pyridine rings is 1. The molecule has 1 aliphatic rings. The molecule has 6 nitrogen and oxygen atoms in total. The largest absolute Gasteiger partial charge is 0.369 e. The van der Waals surface area contributed by atoms with Gasteiger partial charge in [-0.3, -0.25) is 4.79 Å². The molecule has 8 heteroatoms. The van der Waals surface area contributed by atoms with Crippen molar-refractivity contribution in [2.45, 2.75) is 13.3 Å². The summed E-state index contributed by atoms with van der Waals surface area (Å²) in [7, 11) is 0. The third-order valence-electron chi connectivity index (χ3n) is 3.42. The zero-order valence-corrected chi connectivity index (χ0v) is 11.9. The number of aromatic nitrogens is 1. The van der Waals surface area contributed by atoms with E-state index in [9.17, 15) is 4.79 Å². The summed E-state index contributed by atoms with van der Waals surface area (Å²) in [5.41, 5.74) is 7.26. The van der Waals surface area contributed by atoms with E-state index in [0.717, 1.165) is 0 Å². The van der Waals surface area contributed by atoms with Crippen molar-refractivity contribution < 1.29 is 4.79 Å². The van der Waals surface area contributed by atoms with Gasteiger partial charge in [0, 0.05) is 13.1 Å². The summed E-state index contributed by atoms with van der Waals surface area (Å²) in [5, 5.41) is 0.755. The van der Waals surface area contributed by atoms with Gasteiger partial charge in [-0.2, -0.15) is 0 Å². The lowest BCUT2D eigenvalue weighted by molar-refractivity contribution is -0.125. The Labute approximate surface area is 121 Å². The molecule has 1 aromatic heterocycles. The molecule has 19 heavy (non-hydrogen) atoms. The number of hydrogen-bond acceptors (Lipinski definition) is 5. The maximum absolute atomic E-state index is 11.5. The van der Waals surface area contributed by atoms with Crippen molar-refractivity contribution in [1.29, 1.82) is 0 Å². The molecule has 1 atom stereocenters. The summed E-state index contributed by atoms with van der Waals surface area (Å²) < 4.78 is 0. The average molecular weight is 304 g/mol. The fraction of sp³-hybridized carbons (Fsp3) is 0.455. The summed E-state index contributed by atoms with van der Waals surface area (Å²) in [6.45, 7) is 2.96. The predicted octanol–water partition coefficient (Wildman–Crippen LogP) is 1.38. The first-order valence-corrected chi connectivity index (χ1v) is 6.50. The number of carbonyl (C=O) groups is 1. The quantitative estimate of drug-likeness (QED) is 0.579. The van der Waals surface area contributed by atoms with E-state index >= 15 is 0 Å². The maximum atomic E-state index is 11.5. The van der Waals surface area contributed by atoms with Crippen LogP contribution in [0.25, 0.3) is 0 Å². The molecule has 0 radical (unpaired) electrons. The van der Waals surface area contributed by atoms with Gasteiger partial charge in [0.25, 0.3) is 0 Å². The zero-order chi connectivity index (χ0) is 14.2. The van der Waals surface area contributed by atoms with Gasteiger partial charge in [-0.25, -0.2) is 10.8 Å². The van der Waals surface area contributed by atoms with Gasteiger partial charge >= 0.3 is 0 Å². The molecule has 0 spiro atoms. The van der Waals surface area contributed by atoms with Crippen LogP contribution in [0.1, 0.15) is 13.3 Å². The molecule has 0 aliphatic carbocycles. The van der Waals surface area contributed by atoms with Gasteiger partial charge in [0.1, 0.15) is 5.82 Å². The molecule has 1 unspecified atom stereocenters. The minimum atomic E-state index is -0.569. The van der Waals surface area contributed by atoms with E-state index in [-0.39, 0.29) is 5.91 Å². The van der Waals surface area contributed by atoms with Gasteiger partial charge in [0.15, 0.2) is 5.82 Å². The van der Waals surface area contributed by atoms with Crippen LogP contribution >= 0.6 is 23.2 Å². The number of carbonyl (C=O) groups excluding carboxylic acids is 1. The topological polar surface area (TPSA) is 97.3 Å². The molecule has 1 aromatic rings. The van der Waals surface area contributed by atoms with Crippen LogP contribution in [0.3, 0.4) is 0 Å². The third-order valence-corrected chi connectivity index (χ3v) is 3.98. The molecule has 1 aliphatic heterocycles. The Morgan fingerprint density at radius 1 is 1.53 bits per heavy atom. The Kier molecular flexibility index (Phi) is 3.75. The van der Waals surface area contributed by atoms with Crippen LogP contribution in [0.5, 0.6) is 0 Å². The number of primary amides is 1. The van der Waals surface area contributed by atoms with E-state index < -0.39 is 5.41 Å². The summed E-state index contributed by atoms with van der Waals surface area (Å²) in [6, 6.07) is 1.57. The van der Waals surface area contributed by atoms with Crippen LogP contribution < -0.4 is 21.9 Å². The number of nitrogen functional groups attached to an aromatic ring is 1. The predicted molar refractivity (Wildman–Crippen MR) is 76.2 cm³/mol. The summed E-state index contributed by atoms with van der Waals surface area (Å²) in [4.78, 5) is 17.6. The van der Waals surface area contributed by atoms with Gasteiger partial charge in [0.05, 0.1) is 15.5 Å². The molecule has 104 valence electrons. The first-order valence-electron chi connectivity index (χ1n) is 5.75. The van der Waals surface area contributed by atoms with Crippen LogP contribution in [-0.2, 0) is 4.79 Å². The molecular weight excluding hydrogens is 289 g/mol. The number of nitrogens with one attached hydrogen (secondary N) is 1. The number of amides is 1. The second kappa shape index (κ2) is 5.03. The Morgan fingerprint density at radius 3 is 2.74 bits per heavy atom. The van der Waals surface area contributed by atoms with Crippen molar-refractivity contribution in [3.63, 3.8) is 0 Å². The summed E-state index contributed by atoms with van der Waals surface area (Å²) in [6.07, 6.45) is 0.661. The van der Waals surface area contributed by atoms with Crippen molar-refractivity contribution in [3.05, 3.63) is 16.1 Å². The van der Waals surface area contributed by atoms with E-state index in [0.29, 0.717) is 41.2 Å². The fourth-order valence-electron chi connectivity index (χ4n) is 2.12. The highest BCUT2D eigenvalue weighted by Gasteiger charge is 2.40. The van der Waals surface area contributed by atoms with Crippen molar-refractivity contribution in [3.8, 4) is 0 Å². The van der Waals surface area contributed by atoms with Crippen molar-refractivity contribution in [2.75, 3.05) is 23.4 Å². The Balaban J connectivity index is 2.32. The average Bonchev–Trinajstić information content (AvgIpc) is 2.73. The molecule has 2 rings (SSSR count). The van der Waals surface area contributed by atoms with Crippen LogP contribution in [0.15, 0.2) is 6.07 Å². The highest BCUT2D eigenvalue weighted by atomic mass is 35.5. The Morgan fingerprint density at radius 2 is 2.21 bits per heavy atom. The SMILES string of the molecule is CC1(C(N)=O)CCN(c2nc(NN)c(Cl)cc2Cl)C1. The normalized spacial score (nSPS) is 22.6. The van der Waals surface area contributed by atoms with Crippen LogP contribution in [0, 0.1) is 5.41 Å². The number of anilines is 2. The lowest BCUT2D eigenvalue weighted by Crippen LogP contribution is -2.37. The molecule has 1 fully saturated rings. The Bertz CT molecular complexity index is 524. The van der Waals surface area contributed by atoms with E-state index in [1.807, 2.05) is 11.8 Å². The molecule has 1 amide bonds.